The highest BCUT2D eigenvalue weighted by Gasteiger charge is 2.13. The van der Waals surface area contributed by atoms with Crippen molar-refractivity contribution in [2.45, 2.75) is 18.5 Å². The van der Waals surface area contributed by atoms with Gasteiger partial charge < -0.3 is 4.74 Å². The Bertz CT molecular complexity index is 999. The van der Waals surface area contributed by atoms with Crippen molar-refractivity contribution in [3.05, 3.63) is 48.5 Å². The molecule has 2 aromatic carbocycles. The van der Waals surface area contributed by atoms with Crippen molar-refractivity contribution in [2.24, 2.45) is 0 Å². The highest BCUT2D eigenvalue weighted by atomic mass is 32.2. The molecule has 0 aliphatic heterocycles. The summed E-state index contributed by atoms with van der Waals surface area (Å²) in [6, 6.07) is 16.0. The molecule has 1 N–H and O–H groups in total. The number of imidazole rings is 1. The van der Waals surface area contributed by atoms with Crippen LogP contribution in [0.2, 0.25) is 0 Å². The van der Waals surface area contributed by atoms with Gasteiger partial charge in [0.2, 0.25) is 10.0 Å². The number of thioether (sulfide) groups is 1. The Morgan fingerprint density at radius 1 is 1.15 bits per heavy atom. The van der Waals surface area contributed by atoms with Crippen molar-refractivity contribution in [3.8, 4) is 11.4 Å². The Balaban J connectivity index is 1.81. The number of fused-ring (bicyclic) bond motifs is 1. The molecule has 0 aliphatic rings. The highest BCUT2D eigenvalue weighted by Crippen LogP contribution is 2.29. The molecule has 144 valence electrons. The molecular formula is C19H23N3O3S2. The van der Waals surface area contributed by atoms with Crippen molar-refractivity contribution in [2.75, 3.05) is 25.2 Å². The second-order valence-electron chi connectivity index (χ2n) is 6.01. The minimum absolute atomic E-state index is 0.426. The molecule has 0 atom stereocenters. The third kappa shape index (κ3) is 5.24. The van der Waals surface area contributed by atoms with Gasteiger partial charge in [-0.05, 0) is 49.7 Å². The molecule has 0 saturated heterocycles. The Labute approximate surface area is 164 Å². The van der Waals surface area contributed by atoms with Crippen molar-refractivity contribution in [3.63, 3.8) is 0 Å². The van der Waals surface area contributed by atoms with Gasteiger partial charge in [0.15, 0.2) is 5.16 Å². The molecule has 0 aliphatic carbocycles. The monoisotopic (exact) mass is 405 g/mol. The van der Waals surface area contributed by atoms with Gasteiger partial charge in [0, 0.05) is 18.0 Å². The second-order valence-corrected chi connectivity index (χ2v) is 8.91. The number of rotatable bonds is 9. The van der Waals surface area contributed by atoms with E-state index < -0.39 is 10.0 Å². The number of hydrogen-bond donors (Lipinski definition) is 1. The zero-order valence-corrected chi connectivity index (χ0v) is 17.0. The van der Waals surface area contributed by atoms with Crippen LogP contribution in [-0.2, 0) is 10.0 Å². The fraction of sp³-hybridized carbons (Fsp3) is 0.316. The predicted octanol–water partition coefficient (Wildman–Crippen LogP) is 3.46. The fourth-order valence-electron chi connectivity index (χ4n) is 2.70. The molecule has 0 saturated carbocycles. The molecule has 0 radical (unpaired) electrons. The molecule has 0 fully saturated rings. The van der Waals surface area contributed by atoms with Crippen molar-refractivity contribution in [1.29, 1.82) is 0 Å². The molecule has 0 spiro atoms. The summed E-state index contributed by atoms with van der Waals surface area (Å²) in [5, 5.41) is 0.889. The standard InChI is InChI=1S/C19H23N3O3S2/c1-3-25-16-11-9-15(10-12-16)22-18-8-5-4-7-17(18)21-19(22)26-14-6-13-20-27(2,23)24/h4-5,7-12,20H,3,6,13-14H2,1-2H3. The van der Waals surface area contributed by atoms with Crippen LogP contribution in [0.25, 0.3) is 16.7 Å². The SMILES string of the molecule is CCOc1ccc(-n2c(SCCCNS(C)(=O)=O)nc3ccccc32)cc1. The summed E-state index contributed by atoms with van der Waals surface area (Å²) in [4.78, 5) is 4.75. The zero-order valence-electron chi connectivity index (χ0n) is 15.4. The average molecular weight is 406 g/mol. The first-order chi connectivity index (χ1) is 13.0. The van der Waals surface area contributed by atoms with Gasteiger partial charge in [-0.15, -0.1) is 0 Å². The summed E-state index contributed by atoms with van der Waals surface area (Å²) in [5.41, 5.74) is 2.99. The number of benzene rings is 2. The predicted molar refractivity (Wildman–Crippen MR) is 110 cm³/mol. The number of sulfonamides is 1. The number of ether oxygens (including phenoxy) is 1. The Morgan fingerprint density at radius 3 is 2.59 bits per heavy atom. The van der Waals surface area contributed by atoms with Crippen LogP contribution in [0, 0.1) is 0 Å². The van der Waals surface area contributed by atoms with E-state index in [1.165, 1.54) is 6.26 Å². The van der Waals surface area contributed by atoms with Gasteiger partial charge >= 0.3 is 0 Å². The van der Waals surface area contributed by atoms with Gasteiger partial charge in [0.25, 0.3) is 0 Å². The van der Waals surface area contributed by atoms with Gasteiger partial charge in [0.05, 0.1) is 23.9 Å². The van der Waals surface area contributed by atoms with Crippen LogP contribution < -0.4 is 9.46 Å². The number of nitrogens with zero attached hydrogens (tertiary/aromatic N) is 2. The van der Waals surface area contributed by atoms with E-state index in [1.807, 2.05) is 55.5 Å². The average Bonchev–Trinajstić information content (AvgIpc) is 3.00. The van der Waals surface area contributed by atoms with Crippen LogP contribution in [0.1, 0.15) is 13.3 Å². The van der Waals surface area contributed by atoms with Crippen LogP contribution in [-0.4, -0.2) is 43.1 Å². The molecule has 27 heavy (non-hydrogen) atoms. The second kappa shape index (κ2) is 8.77. The first-order valence-electron chi connectivity index (χ1n) is 8.76. The molecule has 3 aromatic rings. The maximum absolute atomic E-state index is 11.2. The van der Waals surface area contributed by atoms with E-state index in [9.17, 15) is 8.42 Å². The minimum atomic E-state index is -3.14. The lowest BCUT2D eigenvalue weighted by Crippen LogP contribution is -2.23. The molecule has 1 aromatic heterocycles. The molecule has 0 amide bonds. The smallest absolute Gasteiger partial charge is 0.208 e. The first kappa shape index (κ1) is 19.7. The van der Waals surface area contributed by atoms with Gasteiger partial charge in [-0.1, -0.05) is 23.9 Å². The largest absolute Gasteiger partial charge is 0.494 e. The number of nitrogens with one attached hydrogen (secondary N) is 1. The minimum Gasteiger partial charge on any atom is -0.494 e. The Morgan fingerprint density at radius 2 is 1.89 bits per heavy atom. The van der Waals surface area contributed by atoms with Crippen LogP contribution >= 0.6 is 11.8 Å². The van der Waals surface area contributed by atoms with E-state index in [4.69, 9.17) is 9.72 Å². The third-order valence-electron chi connectivity index (χ3n) is 3.85. The van der Waals surface area contributed by atoms with Crippen molar-refractivity contribution < 1.29 is 13.2 Å². The number of aromatic nitrogens is 2. The van der Waals surface area contributed by atoms with Crippen LogP contribution in [0.4, 0.5) is 0 Å². The lowest BCUT2D eigenvalue weighted by Gasteiger charge is -2.10. The van der Waals surface area contributed by atoms with Crippen molar-refractivity contribution in [1.82, 2.24) is 14.3 Å². The zero-order chi connectivity index (χ0) is 19.3. The van der Waals surface area contributed by atoms with E-state index in [0.29, 0.717) is 13.2 Å². The van der Waals surface area contributed by atoms with Crippen molar-refractivity contribution >= 4 is 32.8 Å². The Hall–Kier alpha value is -2.03. The third-order valence-corrected chi connectivity index (χ3v) is 5.61. The molecule has 1 heterocycles. The molecule has 0 unspecified atom stereocenters. The van der Waals surface area contributed by atoms with Gasteiger partial charge in [-0.25, -0.2) is 18.1 Å². The Kier molecular flexibility index (Phi) is 6.41. The van der Waals surface area contributed by atoms with E-state index in [0.717, 1.165) is 39.8 Å². The van der Waals surface area contributed by atoms with Gasteiger partial charge in [0.1, 0.15) is 5.75 Å². The number of hydrogen-bond acceptors (Lipinski definition) is 5. The normalized spacial score (nSPS) is 11.8. The lowest BCUT2D eigenvalue weighted by atomic mass is 10.2. The van der Waals surface area contributed by atoms with Gasteiger partial charge in [-0.2, -0.15) is 0 Å². The van der Waals surface area contributed by atoms with Crippen LogP contribution in [0.5, 0.6) is 5.75 Å². The van der Waals surface area contributed by atoms with E-state index >= 15 is 0 Å². The van der Waals surface area contributed by atoms with Crippen LogP contribution in [0.3, 0.4) is 0 Å². The fourth-order valence-corrected chi connectivity index (χ4v) is 4.18. The highest BCUT2D eigenvalue weighted by molar-refractivity contribution is 7.99. The van der Waals surface area contributed by atoms with Gasteiger partial charge in [-0.3, -0.25) is 4.57 Å². The molecule has 6 nitrogen and oxygen atoms in total. The van der Waals surface area contributed by atoms with E-state index in [-0.39, 0.29) is 0 Å². The molecule has 8 heteroatoms. The maximum atomic E-state index is 11.2. The molecular weight excluding hydrogens is 382 g/mol. The summed E-state index contributed by atoms with van der Waals surface area (Å²) < 4.78 is 32.5. The first-order valence-corrected chi connectivity index (χ1v) is 11.6. The summed E-state index contributed by atoms with van der Waals surface area (Å²) in [7, 11) is -3.14. The van der Waals surface area contributed by atoms with Crippen LogP contribution in [0.15, 0.2) is 53.7 Å². The maximum Gasteiger partial charge on any atom is 0.208 e. The summed E-state index contributed by atoms with van der Waals surface area (Å²) in [6.07, 6.45) is 1.90. The lowest BCUT2D eigenvalue weighted by molar-refractivity contribution is 0.340. The topological polar surface area (TPSA) is 73.2 Å². The molecule has 0 bridgehead atoms. The number of para-hydroxylation sites is 2. The summed E-state index contributed by atoms with van der Waals surface area (Å²) >= 11 is 1.62. The van der Waals surface area contributed by atoms with E-state index in [2.05, 4.69) is 9.29 Å². The molecule has 3 rings (SSSR count). The summed E-state index contributed by atoms with van der Waals surface area (Å²) in [6.45, 7) is 3.02. The quantitative estimate of drug-likeness (QED) is 0.436. The summed E-state index contributed by atoms with van der Waals surface area (Å²) in [5.74, 6) is 1.61. The van der Waals surface area contributed by atoms with E-state index in [1.54, 1.807) is 11.8 Å².